The van der Waals surface area contributed by atoms with Crippen LogP contribution in [0, 0.1) is 11.3 Å². The molecule has 2 aromatic carbocycles. The number of primary amides is 1. The van der Waals surface area contributed by atoms with E-state index in [9.17, 15) is 14.9 Å². The predicted octanol–water partition coefficient (Wildman–Crippen LogP) is 3.60. The molecule has 176 valence electrons. The number of hydrogen-bond donors (Lipinski definition) is 2. The third kappa shape index (κ3) is 4.28. The summed E-state index contributed by atoms with van der Waals surface area (Å²) in [5.74, 6) is -0.202. The van der Waals surface area contributed by atoms with Gasteiger partial charge in [0, 0.05) is 37.0 Å². The average Bonchev–Trinajstić information content (AvgIpc) is 3.50. The molecule has 1 aromatic heterocycles. The fourth-order valence-electron chi connectivity index (χ4n) is 4.93. The number of amides is 2. The van der Waals surface area contributed by atoms with E-state index in [4.69, 9.17) is 5.73 Å². The van der Waals surface area contributed by atoms with Crippen molar-refractivity contribution in [2.24, 2.45) is 5.73 Å². The van der Waals surface area contributed by atoms with Crippen molar-refractivity contribution in [2.75, 3.05) is 18.4 Å². The van der Waals surface area contributed by atoms with E-state index >= 15 is 0 Å². The maximum Gasteiger partial charge on any atom is 0.254 e. The second kappa shape index (κ2) is 9.11. The molecule has 0 atom stereocenters. The highest BCUT2D eigenvalue weighted by molar-refractivity contribution is 6.00. The van der Waals surface area contributed by atoms with Crippen molar-refractivity contribution in [2.45, 2.75) is 31.2 Å². The monoisotopic (exact) mass is 466 g/mol. The highest BCUT2D eigenvalue weighted by Crippen LogP contribution is 2.36. The highest BCUT2D eigenvalue weighted by atomic mass is 16.2. The number of piperidine rings is 1. The molecule has 0 spiro atoms. The Morgan fingerprint density at radius 1 is 1.09 bits per heavy atom. The van der Waals surface area contributed by atoms with E-state index in [-0.39, 0.29) is 17.9 Å². The summed E-state index contributed by atoms with van der Waals surface area (Å²) >= 11 is 0. The lowest BCUT2D eigenvalue weighted by Gasteiger charge is -2.41. The van der Waals surface area contributed by atoms with Crippen LogP contribution in [0.15, 0.2) is 66.4 Å². The van der Waals surface area contributed by atoms with Crippen LogP contribution in [0.1, 0.15) is 40.7 Å². The number of nitrogens with one attached hydrogen (secondary N) is 1. The standard InChI is InChI=1S/C27H26N6O2/c28-13-10-27(33-18-23(24(29)34)25(31-33)30-22-8-2-1-3-9-22)11-14-32(15-12-27)26(35)21-16-19-6-4-5-7-20(19)17-21/h1-9,16,18H,10-12,14-15,17H2,(H2,29,34)(H,30,31). The smallest absolute Gasteiger partial charge is 0.254 e. The van der Waals surface area contributed by atoms with Crippen molar-refractivity contribution in [3.05, 3.63) is 83.1 Å². The van der Waals surface area contributed by atoms with Gasteiger partial charge in [0.1, 0.15) is 5.56 Å². The van der Waals surface area contributed by atoms with Crippen LogP contribution in [0.25, 0.3) is 6.08 Å². The molecule has 1 saturated heterocycles. The molecule has 2 amide bonds. The Balaban J connectivity index is 1.36. The molecule has 0 radical (unpaired) electrons. The number of benzene rings is 2. The Morgan fingerprint density at radius 2 is 1.80 bits per heavy atom. The van der Waals surface area contributed by atoms with Crippen LogP contribution in [0.2, 0.25) is 0 Å². The average molecular weight is 467 g/mol. The van der Waals surface area contributed by atoms with Gasteiger partial charge in [-0.25, -0.2) is 0 Å². The number of likely N-dealkylation sites (tertiary alicyclic amines) is 1. The number of para-hydroxylation sites is 1. The minimum absolute atomic E-state index is 0.0384. The van der Waals surface area contributed by atoms with Crippen molar-refractivity contribution < 1.29 is 9.59 Å². The SMILES string of the molecule is N#CCC1(n2cc(C(N)=O)c(Nc3ccccc3)n2)CCN(C(=O)C2=Cc3ccccc3C2)CC1. The minimum Gasteiger partial charge on any atom is -0.365 e. The van der Waals surface area contributed by atoms with E-state index in [1.807, 2.05) is 59.5 Å². The van der Waals surface area contributed by atoms with Gasteiger partial charge in [0.05, 0.1) is 18.0 Å². The van der Waals surface area contributed by atoms with Gasteiger partial charge >= 0.3 is 0 Å². The third-order valence-electron chi connectivity index (χ3n) is 6.93. The van der Waals surface area contributed by atoms with Crippen molar-refractivity contribution >= 4 is 29.4 Å². The molecular formula is C27H26N6O2. The van der Waals surface area contributed by atoms with E-state index in [0.717, 1.165) is 16.8 Å². The van der Waals surface area contributed by atoms with Gasteiger partial charge in [-0.15, -0.1) is 0 Å². The molecule has 8 heteroatoms. The molecular weight excluding hydrogens is 440 g/mol. The van der Waals surface area contributed by atoms with Crippen molar-refractivity contribution in [3.63, 3.8) is 0 Å². The first-order valence-electron chi connectivity index (χ1n) is 11.7. The number of fused-ring (bicyclic) bond motifs is 1. The molecule has 3 N–H and O–H groups in total. The Hall–Kier alpha value is -4.38. The first-order valence-corrected chi connectivity index (χ1v) is 11.7. The Morgan fingerprint density at radius 3 is 2.49 bits per heavy atom. The van der Waals surface area contributed by atoms with Crippen molar-refractivity contribution in [1.29, 1.82) is 5.26 Å². The molecule has 2 heterocycles. The van der Waals surface area contributed by atoms with Gasteiger partial charge in [-0.3, -0.25) is 14.3 Å². The number of nitriles is 1. The summed E-state index contributed by atoms with van der Waals surface area (Å²) in [6.07, 6.45) is 5.56. The molecule has 0 unspecified atom stereocenters. The van der Waals surface area contributed by atoms with Crippen LogP contribution in [-0.4, -0.2) is 39.6 Å². The number of rotatable bonds is 6. The van der Waals surface area contributed by atoms with Gasteiger partial charge in [-0.2, -0.15) is 10.4 Å². The zero-order chi connectivity index (χ0) is 24.4. The molecule has 5 rings (SSSR count). The van der Waals surface area contributed by atoms with Gasteiger partial charge < -0.3 is 16.0 Å². The van der Waals surface area contributed by atoms with E-state index in [1.54, 1.807) is 10.9 Å². The van der Waals surface area contributed by atoms with E-state index in [1.165, 1.54) is 5.56 Å². The second-order valence-electron chi connectivity index (χ2n) is 9.09. The van der Waals surface area contributed by atoms with Crippen LogP contribution in [0.3, 0.4) is 0 Å². The molecule has 2 aliphatic rings. The number of hydrogen-bond acceptors (Lipinski definition) is 5. The maximum absolute atomic E-state index is 13.2. The van der Waals surface area contributed by atoms with Gasteiger partial charge in [0.25, 0.3) is 5.91 Å². The van der Waals surface area contributed by atoms with Gasteiger partial charge in [-0.1, -0.05) is 42.5 Å². The number of anilines is 2. The summed E-state index contributed by atoms with van der Waals surface area (Å²) in [6, 6.07) is 19.7. The van der Waals surface area contributed by atoms with E-state index in [0.29, 0.717) is 38.2 Å². The number of nitrogens with two attached hydrogens (primary N) is 1. The maximum atomic E-state index is 13.2. The summed E-state index contributed by atoms with van der Waals surface area (Å²) in [4.78, 5) is 27.2. The highest BCUT2D eigenvalue weighted by Gasteiger charge is 2.40. The Labute approximate surface area is 203 Å². The normalized spacial score (nSPS) is 16.2. The summed E-state index contributed by atoms with van der Waals surface area (Å²) in [5.41, 5.74) is 9.12. The lowest BCUT2D eigenvalue weighted by Crippen LogP contribution is -2.48. The number of carbonyl (C=O) groups excluding carboxylic acids is 2. The molecule has 0 saturated carbocycles. The van der Waals surface area contributed by atoms with Crippen LogP contribution in [-0.2, 0) is 16.8 Å². The summed E-state index contributed by atoms with van der Waals surface area (Å²) in [6.45, 7) is 1.00. The quantitative estimate of drug-likeness (QED) is 0.576. The number of nitrogens with zero attached hydrogens (tertiary/aromatic N) is 4. The first kappa shape index (κ1) is 22.4. The zero-order valence-electron chi connectivity index (χ0n) is 19.3. The molecule has 1 aliphatic heterocycles. The predicted molar refractivity (Wildman–Crippen MR) is 133 cm³/mol. The lowest BCUT2D eigenvalue weighted by atomic mass is 9.84. The lowest BCUT2D eigenvalue weighted by molar-refractivity contribution is -0.129. The first-order chi connectivity index (χ1) is 17.0. The Kier molecular flexibility index (Phi) is 5.83. The summed E-state index contributed by atoms with van der Waals surface area (Å²) < 4.78 is 1.70. The fourth-order valence-corrected chi connectivity index (χ4v) is 4.93. The van der Waals surface area contributed by atoms with E-state index < -0.39 is 11.4 Å². The van der Waals surface area contributed by atoms with Crippen LogP contribution < -0.4 is 11.1 Å². The van der Waals surface area contributed by atoms with Crippen LogP contribution >= 0.6 is 0 Å². The topological polar surface area (TPSA) is 117 Å². The fraction of sp³-hybridized carbons (Fsp3) is 0.259. The third-order valence-corrected chi connectivity index (χ3v) is 6.93. The number of carbonyl (C=O) groups is 2. The molecule has 35 heavy (non-hydrogen) atoms. The zero-order valence-corrected chi connectivity index (χ0v) is 19.3. The van der Waals surface area contributed by atoms with Gasteiger partial charge in [0.2, 0.25) is 5.91 Å². The molecule has 1 aliphatic carbocycles. The molecule has 3 aromatic rings. The number of aromatic nitrogens is 2. The minimum atomic E-state index is -0.626. The van der Waals surface area contributed by atoms with Crippen LogP contribution in [0.4, 0.5) is 11.5 Å². The Bertz CT molecular complexity index is 1340. The van der Waals surface area contributed by atoms with Gasteiger partial charge in [-0.05, 0) is 42.2 Å². The molecule has 1 fully saturated rings. The van der Waals surface area contributed by atoms with Crippen molar-refractivity contribution in [3.8, 4) is 6.07 Å². The van der Waals surface area contributed by atoms with Crippen LogP contribution in [0.5, 0.6) is 0 Å². The largest absolute Gasteiger partial charge is 0.365 e. The van der Waals surface area contributed by atoms with Crippen molar-refractivity contribution in [1.82, 2.24) is 14.7 Å². The molecule has 8 nitrogen and oxygen atoms in total. The van der Waals surface area contributed by atoms with Gasteiger partial charge in [0.15, 0.2) is 5.82 Å². The summed E-state index contributed by atoms with van der Waals surface area (Å²) in [7, 11) is 0. The molecule has 0 bridgehead atoms. The second-order valence-corrected chi connectivity index (χ2v) is 9.09. The van der Waals surface area contributed by atoms with E-state index in [2.05, 4.69) is 22.6 Å². The summed E-state index contributed by atoms with van der Waals surface area (Å²) in [5, 5.41) is 17.4.